The standard InChI is InChI=1S/C15H20BrF3N2O2.2ClH/c1-22-13-7-10(11(16)8-14(13)23-2)12(9-15(17,18)19)21-5-3-20-4-6-21;;/h7-8,12,20H,3-6,9H2,1-2H3;2*1H/t12-;;/m1../s1. The third kappa shape index (κ3) is 6.67. The zero-order chi connectivity index (χ0) is 17.0. The van der Waals surface area contributed by atoms with E-state index in [-0.39, 0.29) is 24.8 Å². The van der Waals surface area contributed by atoms with Crippen molar-refractivity contribution in [3.63, 3.8) is 0 Å². The number of alkyl halides is 3. The van der Waals surface area contributed by atoms with Crippen LogP contribution in [0.4, 0.5) is 13.2 Å². The zero-order valence-corrected chi connectivity index (χ0v) is 17.1. The van der Waals surface area contributed by atoms with E-state index in [1.165, 1.54) is 14.2 Å². The van der Waals surface area contributed by atoms with Crippen molar-refractivity contribution in [3.05, 3.63) is 22.2 Å². The Kier molecular flexibility index (Phi) is 10.5. The normalized spacial score (nSPS) is 16.4. The maximum atomic E-state index is 13.1. The summed E-state index contributed by atoms with van der Waals surface area (Å²) in [6.45, 7) is 2.50. The van der Waals surface area contributed by atoms with Gasteiger partial charge in [-0.3, -0.25) is 4.90 Å². The maximum Gasteiger partial charge on any atom is 0.390 e. The van der Waals surface area contributed by atoms with E-state index in [2.05, 4.69) is 21.2 Å². The fraction of sp³-hybridized carbons (Fsp3) is 0.600. The lowest BCUT2D eigenvalue weighted by molar-refractivity contribution is -0.148. The van der Waals surface area contributed by atoms with Crippen LogP contribution in [0.5, 0.6) is 11.5 Å². The van der Waals surface area contributed by atoms with Crippen molar-refractivity contribution in [2.45, 2.75) is 18.6 Å². The van der Waals surface area contributed by atoms with Crippen LogP contribution in [-0.2, 0) is 0 Å². The number of nitrogens with zero attached hydrogens (tertiary/aromatic N) is 1. The molecule has 0 bridgehead atoms. The van der Waals surface area contributed by atoms with E-state index >= 15 is 0 Å². The predicted molar refractivity (Wildman–Crippen MR) is 99.6 cm³/mol. The molecule has 0 unspecified atom stereocenters. The highest BCUT2D eigenvalue weighted by molar-refractivity contribution is 9.10. The zero-order valence-electron chi connectivity index (χ0n) is 13.9. The molecule has 0 radical (unpaired) electrons. The van der Waals surface area contributed by atoms with E-state index in [1.54, 1.807) is 12.1 Å². The first-order valence-corrected chi connectivity index (χ1v) is 8.08. The van der Waals surface area contributed by atoms with Crippen molar-refractivity contribution in [2.75, 3.05) is 40.4 Å². The summed E-state index contributed by atoms with van der Waals surface area (Å²) < 4.78 is 50.3. The first-order chi connectivity index (χ1) is 10.9. The number of hydrogen-bond acceptors (Lipinski definition) is 4. The highest BCUT2D eigenvalue weighted by Gasteiger charge is 2.37. The van der Waals surface area contributed by atoms with Crippen molar-refractivity contribution >= 4 is 40.7 Å². The van der Waals surface area contributed by atoms with Crippen LogP contribution in [0.3, 0.4) is 0 Å². The van der Waals surface area contributed by atoms with Crippen molar-refractivity contribution in [1.82, 2.24) is 10.2 Å². The Balaban J connectivity index is 0.00000288. The Morgan fingerprint density at radius 2 is 1.64 bits per heavy atom. The van der Waals surface area contributed by atoms with E-state index in [0.717, 1.165) is 0 Å². The second kappa shape index (κ2) is 10.7. The maximum absolute atomic E-state index is 13.1. The average molecular weight is 470 g/mol. The van der Waals surface area contributed by atoms with Gasteiger partial charge in [0.15, 0.2) is 11.5 Å². The number of benzene rings is 1. The summed E-state index contributed by atoms with van der Waals surface area (Å²) in [5, 5.41) is 3.16. The van der Waals surface area contributed by atoms with Crippen LogP contribution in [0.15, 0.2) is 16.6 Å². The summed E-state index contributed by atoms with van der Waals surface area (Å²) >= 11 is 3.38. The summed E-state index contributed by atoms with van der Waals surface area (Å²) in [5.74, 6) is 0.905. The lowest BCUT2D eigenvalue weighted by Gasteiger charge is -2.36. The van der Waals surface area contributed by atoms with Crippen LogP contribution in [0, 0.1) is 0 Å². The van der Waals surface area contributed by atoms with Crippen molar-refractivity contribution in [2.24, 2.45) is 0 Å². The molecular formula is C15H22BrCl2F3N2O2. The van der Waals surface area contributed by atoms with E-state index in [1.807, 2.05) is 4.90 Å². The average Bonchev–Trinajstić information content (AvgIpc) is 2.52. The Labute approximate surface area is 166 Å². The van der Waals surface area contributed by atoms with Gasteiger partial charge >= 0.3 is 6.18 Å². The van der Waals surface area contributed by atoms with Crippen LogP contribution in [0.2, 0.25) is 0 Å². The highest BCUT2D eigenvalue weighted by Crippen LogP contribution is 2.41. The van der Waals surface area contributed by atoms with Crippen LogP contribution >= 0.6 is 40.7 Å². The van der Waals surface area contributed by atoms with Crippen molar-refractivity contribution in [3.8, 4) is 11.5 Å². The molecule has 4 nitrogen and oxygen atoms in total. The Hall–Kier alpha value is -0.410. The molecule has 1 aliphatic rings. The van der Waals surface area contributed by atoms with E-state index in [9.17, 15) is 13.2 Å². The van der Waals surface area contributed by atoms with Crippen LogP contribution in [0.1, 0.15) is 18.0 Å². The Morgan fingerprint density at radius 3 is 2.12 bits per heavy atom. The predicted octanol–water partition coefficient (Wildman–Crippen LogP) is 4.21. The second-order valence-corrected chi connectivity index (χ2v) is 6.20. The van der Waals surface area contributed by atoms with Gasteiger partial charge in [-0.15, -0.1) is 24.8 Å². The summed E-state index contributed by atoms with van der Waals surface area (Å²) in [5.41, 5.74) is 0.557. The molecule has 10 heteroatoms. The molecule has 0 amide bonds. The van der Waals surface area contributed by atoms with Crippen molar-refractivity contribution in [1.29, 1.82) is 0 Å². The molecule has 146 valence electrons. The van der Waals surface area contributed by atoms with Crippen LogP contribution in [-0.4, -0.2) is 51.5 Å². The number of hydrogen-bond donors (Lipinski definition) is 1. The van der Waals surface area contributed by atoms with Gasteiger partial charge in [0.1, 0.15) is 0 Å². The highest BCUT2D eigenvalue weighted by atomic mass is 79.9. The first kappa shape index (κ1) is 24.6. The molecule has 1 aromatic rings. The number of rotatable bonds is 5. The van der Waals surface area contributed by atoms with Gasteiger partial charge in [0, 0.05) is 36.7 Å². The first-order valence-electron chi connectivity index (χ1n) is 7.28. The van der Waals surface area contributed by atoms with Gasteiger partial charge in [0.05, 0.1) is 20.6 Å². The molecule has 1 atom stereocenters. The minimum Gasteiger partial charge on any atom is -0.493 e. The van der Waals surface area contributed by atoms with Gasteiger partial charge < -0.3 is 14.8 Å². The van der Waals surface area contributed by atoms with Crippen LogP contribution in [0.25, 0.3) is 0 Å². The summed E-state index contributed by atoms with van der Waals surface area (Å²) in [6, 6.07) is 2.52. The fourth-order valence-corrected chi connectivity index (χ4v) is 3.36. The third-order valence-electron chi connectivity index (χ3n) is 3.88. The molecule has 2 rings (SSSR count). The molecule has 1 N–H and O–H groups in total. The molecule has 1 aromatic carbocycles. The monoisotopic (exact) mass is 468 g/mol. The Bertz CT molecular complexity index is 544. The van der Waals surface area contributed by atoms with Gasteiger partial charge in [0.25, 0.3) is 0 Å². The number of nitrogens with one attached hydrogen (secondary N) is 1. The van der Waals surface area contributed by atoms with Gasteiger partial charge in [-0.05, 0) is 17.7 Å². The molecule has 0 aliphatic carbocycles. The molecule has 1 heterocycles. The summed E-state index contributed by atoms with van der Waals surface area (Å²) in [4.78, 5) is 1.86. The fourth-order valence-electron chi connectivity index (χ4n) is 2.77. The van der Waals surface area contributed by atoms with E-state index < -0.39 is 18.6 Å². The van der Waals surface area contributed by atoms with Crippen molar-refractivity contribution < 1.29 is 22.6 Å². The largest absolute Gasteiger partial charge is 0.493 e. The topological polar surface area (TPSA) is 33.7 Å². The molecule has 0 spiro atoms. The van der Waals surface area contributed by atoms with E-state index in [0.29, 0.717) is 47.7 Å². The molecule has 0 saturated carbocycles. The smallest absolute Gasteiger partial charge is 0.390 e. The van der Waals surface area contributed by atoms with E-state index in [4.69, 9.17) is 9.47 Å². The van der Waals surface area contributed by atoms with Gasteiger partial charge in [0.2, 0.25) is 0 Å². The minimum atomic E-state index is -4.25. The molecule has 0 aromatic heterocycles. The number of halogens is 6. The SMILES string of the molecule is COc1cc(Br)c([C@@H](CC(F)(F)F)N2CCNCC2)cc1OC.Cl.Cl. The number of ether oxygens (including phenoxy) is 2. The van der Waals surface area contributed by atoms with Gasteiger partial charge in [-0.2, -0.15) is 13.2 Å². The molecule has 1 saturated heterocycles. The number of methoxy groups -OCH3 is 2. The van der Waals surface area contributed by atoms with Crippen LogP contribution < -0.4 is 14.8 Å². The second-order valence-electron chi connectivity index (χ2n) is 5.35. The number of piperazine rings is 1. The van der Waals surface area contributed by atoms with Gasteiger partial charge in [-0.1, -0.05) is 15.9 Å². The summed E-state index contributed by atoms with van der Waals surface area (Å²) in [7, 11) is 2.96. The molecular weight excluding hydrogens is 448 g/mol. The lowest BCUT2D eigenvalue weighted by atomic mass is 10.00. The minimum absolute atomic E-state index is 0. The third-order valence-corrected chi connectivity index (χ3v) is 4.57. The molecule has 1 aliphatic heterocycles. The molecule has 25 heavy (non-hydrogen) atoms. The molecule has 1 fully saturated rings. The van der Waals surface area contributed by atoms with Gasteiger partial charge in [-0.25, -0.2) is 0 Å². The quantitative estimate of drug-likeness (QED) is 0.700. The lowest BCUT2D eigenvalue weighted by Crippen LogP contribution is -2.46. The Morgan fingerprint density at radius 1 is 1.12 bits per heavy atom. The summed E-state index contributed by atoms with van der Waals surface area (Å²) in [6.07, 6.45) is -5.15.